The highest BCUT2D eigenvalue weighted by molar-refractivity contribution is 4.93. The van der Waals surface area contributed by atoms with Gasteiger partial charge in [0.25, 0.3) is 0 Å². The van der Waals surface area contributed by atoms with E-state index in [2.05, 4.69) is 17.1 Å². The lowest BCUT2D eigenvalue weighted by atomic mass is 9.86. The van der Waals surface area contributed by atoms with Gasteiger partial charge >= 0.3 is 0 Å². The minimum absolute atomic E-state index is 0.774. The van der Waals surface area contributed by atoms with Gasteiger partial charge in [0.15, 0.2) is 0 Å². The van der Waals surface area contributed by atoms with Crippen molar-refractivity contribution in [2.24, 2.45) is 23.7 Å². The number of rotatable bonds is 7. The van der Waals surface area contributed by atoms with Crippen molar-refractivity contribution >= 4 is 0 Å². The molecule has 2 nitrogen and oxygen atoms in total. The molecule has 132 valence electrons. The second-order valence-electron chi connectivity index (χ2n) is 9.42. The molecule has 1 heterocycles. The van der Waals surface area contributed by atoms with Crippen LogP contribution < -0.4 is 5.32 Å². The van der Waals surface area contributed by atoms with Crippen LogP contribution in [-0.2, 0) is 0 Å². The minimum Gasteiger partial charge on any atom is -0.312 e. The molecule has 3 aliphatic carbocycles. The number of nitrogens with one attached hydrogen (secondary N) is 1. The van der Waals surface area contributed by atoms with E-state index >= 15 is 0 Å². The summed E-state index contributed by atoms with van der Waals surface area (Å²) in [6.07, 6.45) is 16.4. The van der Waals surface area contributed by atoms with Gasteiger partial charge in [0.1, 0.15) is 0 Å². The summed E-state index contributed by atoms with van der Waals surface area (Å²) in [5.41, 5.74) is 0. The van der Waals surface area contributed by atoms with Crippen LogP contribution in [0.15, 0.2) is 0 Å². The summed E-state index contributed by atoms with van der Waals surface area (Å²) in [5, 5.41) is 4.02. The van der Waals surface area contributed by atoms with Crippen LogP contribution in [0.1, 0.15) is 77.6 Å². The van der Waals surface area contributed by atoms with Gasteiger partial charge in [-0.05, 0) is 75.7 Å². The van der Waals surface area contributed by atoms with Crippen molar-refractivity contribution < 1.29 is 0 Å². The Morgan fingerprint density at radius 3 is 2.35 bits per heavy atom. The van der Waals surface area contributed by atoms with E-state index in [9.17, 15) is 0 Å². The highest BCUT2D eigenvalue weighted by Gasteiger charge is 2.38. The van der Waals surface area contributed by atoms with E-state index in [1.54, 1.807) is 0 Å². The zero-order chi connectivity index (χ0) is 15.6. The molecule has 0 bridgehead atoms. The molecule has 0 aromatic carbocycles. The van der Waals surface area contributed by atoms with E-state index in [4.69, 9.17) is 0 Å². The molecule has 1 aliphatic heterocycles. The topological polar surface area (TPSA) is 15.3 Å². The summed E-state index contributed by atoms with van der Waals surface area (Å²) >= 11 is 0. The monoisotopic (exact) mass is 318 g/mol. The highest BCUT2D eigenvalue weighted by Crippen LogP contribution is 2.40. The number of likely N-dealkylation sites (tertiary alicyclic amines) is 1. The fourth-order valence-electron chi connectivity index (χ4n) is 5.32. The van der Waals surface area contributed by atoms with Crippen LogP contribution in [0.5, 0.6) is 0 Å². The number of piperidine rings is 1. The summed E-state index contributed by atoms with van der Waals surface area (Å²) in [7, 11) is 0. The summed E-state index contributed by atoms with van der Waals surface area (Å²) in [6.45, 7) is 6.53. The first kappa shape index (κ1) is 16.4. The number of hydrogen-bond acceptors (Lipinski definition) is 2. The summed E-state index contributed by atoms with van der Waals surface area (Å²) in [4.78, 5) is 2.87. The van der Waals surface area contributed by atoms with Crippen LogP contribution in [0.3, 0.4) is 0 Å². The normalized spacial score (nSPS) is 35.3. The molecule has 23 heavy (non-hydrogen) atoms. The summed E-state index contributed by atoms with van der Waals surface area (Å²) in [6, 6.07) is 1.62. The van der Waals surface area contributed by atoms with Gasteiger partial charge in [0.05, 0.1) is 0 Å². The van der Waals surface area contributed by atoms with E-state index in [0.29, 0.717) is 0 Å². The van der Waals surface area contributed by atoms with Crippen molar-refractivity contribution in [1.29, 1.82) is 0 Å². The third-order valence-electron chi connectivity index (χ3n) is 7.23. The Morgan fingerprint density at radius 1 is 0.870 bits per heavy atom. The molecule has 3 unspecified atom stereocenters. The SMILES string of the molecule is CC(C1CC1)N1CC(CC2CC2)CC(NCC2CCCCC2)C1. The maximum atomic E-state index is 4.02. The first-order valence-electron chi connectivity index (χ1n) is 10.8. The van der Waals surface area contributed by atoms with Gasteiger partial charge in [-0.15, -0.1) is 0 Å². The van der Waals surface area contributed by atoms with Crippen molar-refractivity contribution in [3.05, 3.63) is 0 Å². The zero-order valence-corrected chi connectivity index (χ0v) is 15.3. The highest BCUT2D eigenvalue weighted by atomic mass is 15.2. The molecule has 0 spiro atoms. The standard InChI is InChI=1S/C21H38N2/c1-16(20-9-10-20)23-14-19(11-17-7-8-17)12-21(15-23)22-13-18-5-3-2-4-6-18/h16-22H,2-15H2,1H3. The molecule has 0 amide bonds. The lowest BCUT2D eigenvalue weighted by Gasteiger charge is -2.42. The molecule has 1 N–H and O–H groups in total. The van der Waals surface area contributed by atoms with Gasteiger partial charge in [0, 0.05) is 25.2 Å². The van der Waals surface area contributed by atoms with E-state index in [-0.39, 0.29) is 0 Å². The second-order valence-corrected chi connectivity index (χ2v) is 9.42. The largest absolute Gasteiger partial charge is 0.312 e. The first-order chi connectivity index (χ1) is 11.3. The maximum Gasteiger partial charge on any atom is 0.0198 e. The van der Waals surface area contributed by atoms with Gasteiger partial charge in [-0.3, -0.25) is 4.90 Å². The molecular formula is C21H38N2. The summed E-state index contributed by atoms with van der Waals surface area (Å²) < 4.78 is 0. The van der Waals surface area contributed by atoms with Crippen LogP contribution >= 0.6 is 0 Å². The third-order valence-corrected chi connectivity index (χ3v) is 7.23. The molecule has 4 fully saturated rings. The Hall–Kier alpha value is -0.0800. The van der Waals surface area contributed by atoms with Crippen LogP contribution in [0.2, 0.25) is 0 Å². The maximum absolute atomic E-state index is 4.02. The molecule has 4 aliphatic rings. The molecule has 0 radical (unpaired) electrons. The van der Waals surface area contributed by atoms with Crippen LogP contribution in [-0.4, -0.2) is 36.6 Å². The van der Waals surface area contributed by atoms with E-state index in [1.165, 1.54) is 90.3 Å². The Kier molecular flexibility index (Phi) is 5.30. The van der Waals surface area contributed by atoms with E-state index in [0.717, 1.165) is 35.8 Å². The fraction of sp³-hybridized carbons (Fsp3) is 1.00. The lowest BCUT2D eigenvalue weighted by molar-refractivity contribution is 0.0863. The Labute approximate surface area is 143 Å². The van der Waals surface area contributed by atoms with Gasteiger partial charge < -0.3 is 5.32 Å². The smallest absolute Gasteiger partial charge is 0.0198 e. The van der Waals surface area contributed by atoms with E-state index in [1.807, 2.05) is 0 Å². The second kappa shape index (κ2) is 7.44. The van der Waals surface area contributed by atoms with Crippen LogP contribution in [0.4, 0.5) is 0 Å². The Balaban J connectivity index is 1.30. The Morgan fingerprint density at radius 2 is 1.65 bits per heavy atom. The summed E-state index contributed by atoms with van der Waals surface area (Å²) in [5.74, 6) is 4.06. The molecule has 4 rings (SSSR count). The molecule has 1 saturated heterocycles. The fourth-order valence-corrected chi connectivity index (χ4v) is 5.32. The van der Waals surface area contributed by atoms with Crippen LogP contribution in [0.25, 0.3) is 0 Å². The van der Waals surface area contributed by atoms with Crippen molar-refractivity contribution in [3.8, 4) is 0 Å². The van der Waals surface area contributed by atoms with Crippen molar-refractivity contribution in [1.82, 2.24) is 10.2 Å². The number of nitrogens with zero attached hydrogens (tertiary/aromatic N) is 1. The van der Waals surface area contributed by atoms with Crippen molar-refractivity contribution in [3.63, 3.8) is 0 Å². The molecule has 3 saturated carbocycles. The van der Waals surface area contributed by atoms with Crippen LogP contribution in [0, 0.1) is 23.7 Å². The number of hydrogen-bond donors (Lipinski definition) is 1. The quantitative estimate of drug-likeness (QED) is 0.746. The molecule has 0 aromatic rings. The van der Waals surface area contributed by atoms with Crippen molar-refractivity contribution in [2.45, 2.75) is 89.6 Å². The predicted molar refractivity (Wildman–Crippen MR) is 97.6 cm³/mol. The van der Waals surface area contributed by atoms with Gasteiger partial charge in [-0.2, -0.15) is 0 Å². The zero-order valence-electron chi connectivity index (χ0n) is 15.3. The average Bonchev–Trinajstić information content (AvgIpc) is 3.46. The van der Waals surface area contributed by atoms with Gasteiger partial charge in [-0.1, -0.05) is 32.1 Å². The third kappa shape index (κ3) is 4.72. The average molecular weight is 319 g/mol. The minimum atomic E-state index is 0.774. The lowest BCUT2D eigenvalue weighted by Crippen LogP contribution is -2.53. The molecule has 0 aromatic heterocycles. The first-order valence-corrected chi connectivity index (χ1v) is 10.8. The molecule has 3 atom stereocenters. The predicted octanol–water partition coefficient (Wildman–Crippen LogP) is 4.45. The van der Waals surface area contributed by atoms with Gasteiger partial charge in [0.2, 0.25) is 0 Å². The molecular weight excluding hydrogens is 280 g/mol. The van der Waals surface area contributed by atoms with E-state index < -0.39 is 0 Å². The van der Waals surface area contributed by atoms with Crippen molar-refractivity contribution in [2.75, 3.05) is 19.6 Å². The molecule has 2 heteroatoms. The van der Waals surface area contributed by atoms with Gasteiger partial charge in [-0.25, -0.2) is 0 Å². The Bertz CT molecular complexity index is 368.